The zero-order valence-corrected chi connectivity index (χ0v) is 18.8. The van der Waals surface area contributed by atoms with Crippen LogP contribution >= 0.6 is 0 Å². The number of fused-ring (bicyclic) bond motifs is 1. The van der Waals surface area contributed by atoms with Crippen LogP contribution in [0.15, 0.2) is 59.2 Å². The van der Waals surface area contributed by atoms with E-state index in [2.05, 4.69) is 6.07 Å². The van der Waals surface area contributed by atoms with E-state index in [9.17, 15) is 9.18 Å². The Bertz CT molecular complexity index is 1100. The van der Waals surface area contributed by atoms with Crippen molar-refractivity contribution in [3.8, 4) is 0 Å². The number of carbonyl (C=O) groups is 1. The largest absolute Gasteiger partial charge is 0.464 e. The van der Waals surface area contributed by atoms with Crippen molar-refractivity contribution in [3.05, 3.63) is 71.7 Å². The molecule has 2 aliphatic rings. The highest BCUT2D eigenvalue weighted by Crippen LogP contribution is 2.38. The predicted molar refractivity (Wildman–Crippen MR) is 123 cm³/mol. The highest BCUT2D eigenvalue weighted by Gasteiger charge is 2.43. The lowest BCUT2D eigenvalue weighted by Gasteiger charge is -2.40. The lowest BCUT2D eigenvalue weighted by atomic mass is 9.73. The molecule has 2 aromatic carbocycles. The van der Waals surface area contributed by atoms with Crippen LogP contribution in [0.5, 0.6) is 0 Å². The minimum atomic E-state index is -0.639. The van der Waals surface area contributed by atoms with Crippen LogP contribution in [0.4, 0.5) is 4.39 Å². The Labute approximate surface area is 193 Å². The molecule has 0 spiro atoms. The highest BCUT2D eigenvalue weighted by atomic mass is 19.1. The molecule has 3 heterocycles. The second-order valence-corrected chi connectivity index (χ2v) is 9.31. The van der Waals surface area contributed by atoms with Gasteiger partial charge in [0, 0.05) is 37.6 Å². The molecule has 0 N–H and O–H groups in total. The molecule has 1 atom stereocenters. The molecule has 2 saturated heterocycles. The van der Waals surface area contributed by atoms with Crippen molar-refractivity contribution in [3.63, 3.8) is 0 Å². The summed E-state index contributed by atoms with van der Waals surface area (Å²) < 4.78 is 31.6. The number of amides is 1. The standard InChI is InChI=1S/C27H30FNO4/c28-24-6-2-1-4-22(24)17-27(9-13-31-14-10-27)26(30)29-11-15-32-19-20(18-29)16-21-5-3-7-25-23(21)8-12-33-25/h1-8,12,20H,9-11,13-19H2. The number of halogens is 1. The van der Waals surface area contributed by atoms with Gasteiger partial charge in [-0.1, -0.05) is 30.3 Å². The molecule has 174 valence electrons. The van der Waals surface area contributed by atoms with Crippen LogP contribution in [0, 0.1) is 17.2 Å². The quantitative estimate of drug-likeness (QED) is 0.568. The predicted octanol–water partition coefficient (Wildman–Crippen LogP) is 4.63. The smallest absolute Gasteiger partial charge is 0.229 e. The summed E-state index contributed by atoms with van der Waals surface area (Å²) in [4.78, 5) is 15.9. The Kier molecular flexibility index (Phi) is 6.47. The Morgan fingerprint density at radius 2 is 1.82 bits per heavy atom. The number of hydrogen-bond acceptors (Lipinski definition) is 4. The van der Waals surface area contributed by atoms with Crippen molar-refractivity contribution < 1.29 is 23.1 Å². The van der Waals surface area contributed by atoms with E-state index in [0.717, 1.165) is 17.4 Å². The molecule has 0 bridgehead atoms. The van der Waals surface area contributed by atoms with Gasteiger partial charge in [0.15, 0.2) is 0 Å². The summed E-state index contributed by atoms with van der Waals surface area (Å²) >= 11 is 0. The second kappa shape index (κ2) is 9.65. The van der Waals surface area contributed by atoms with Crippen LogP contribution < -0.4 is 0 Å². The molecule has 0 radical (unpaired) electrons. The van der Waals surface area contributed by atoms with E-state index < -0.39 is 5.41 Å². The van der Waals surface area contributed by atoms with Gasteiger partial charge < -0.3 is 18.8 Å². The first-order valence-electron chi connectivity index (χ1n) is 11.8. The maximum Gasteiger partial charge on any atom is 0.229 e. The molecule has 33 heavy (non-hydrogen) atoms. The number of furan rings is 1. The van der Waals surface area contributed by atoms with Gasteiger partial charge in [0.2, 0.25) is 5.91 Å². The van der Waals surface area contributed by atoms with Crippen molar-refractivity contribution >= 4 is 16.9 Å². The van der Waals surface area contributed by atoms with Crippen LogP contribution in [-0.4, -0.2) is 50.3 Å². The number of ether oxygens (including phenoxy) is 2. The van der Waals surface area contributed by atoms with E-state index >= 15 is 0 Å². The van der Waals surface area contributed by atoms with E-state index in [1.807, 2.05) is 29.2 Å². The van der Waals surface area contributed by atoms with Crippen molar-refractivity contribution in [1.82, 2.24) is 4.90 Å². The summed E-state index contributed by atoms with van der Waals surface area (Å²) in [6.45, 7) is 3.37. The normalized spacial score (nSPS) is 21.1. The fourth-order valence-corrected chi connectivity index (χ4v) is 5.30. The third-order valence-corrected chi connectivity index (χ3v) is 7.11. The van der Waals surface area contributed by atoms with Crippen molar-refractivity contribution in [2.45, 2.75) is 25.7 Å². The van der Waals surface area contributed by atoms with E-state index in [4.69, 9.17) is 13.9 Å². The molecule has 0 saturated carbocycles. The number of carbonyl (C=O) groups excluding carboxylic acids is 1. The molecule has 6 heteroatoms. The van der Waals surface area contributed by atoms with E-state index in [1.54, 1.807) is 18.4 Å². The zero-order valence-electron chi connectivity index (χ0n) is 18.8. The average Bonchev–Trinajstić information content (AvgIpc) is 3.21. The molecular formula is C27H30FNO4. The van der Waals surface area contributed by atoms with Crippen LogP contribution in [-0.2, 0) is 27.1 Å². The minimum absolute atomic E-state index is 0.103. The number of benzene rings is 2. The topological polar surface area (TPSA) is 51.9 Å². The maximum absolute atomic E-state index is 14.5. The molecule has 3 aromatic rings. The van der Waals surface area contributed by atoms with E-state index in [-0.39, 0.29) is 17.6 Å². The summed E-state index contributed by atoms with van der Waals surface area (Å²) in [6.07, 6.45) is 4.14. The summed E-state index contributed by atoms with van der Waals surface area (Å²) in [5.74, 6) is 0.0369. The lowest BCUT2D eigenvalue weighted by molar-refractivity contribution is -0.148. The molecular weight excluding hydrogens is 421 g/mol. The Balaban J connectivity index is 1.37. The summed E-state index contributed by atoms with van der Waals surface area (Å²) in [6, 6.07) is 14.9. The Morgan fingerprint density at radius 1 is 1.00 bits per heavy atom. The molecule has 0 aliphatic carbocycles. The molecule has 1 amide bonds. The third-order valence-electron chi connectivity index (χ3n) is 7.11. The Morgan fingerprint density at radius 3 is 2.67 bits per heavy atom. The summed E-state index contributed by atoms with van der Waals surface area (Å²) in [7, 11) is 0. The highest BCUT2D eigenvalue weighted by molar-refractivity contribution is 5.83. The van der Waals surface area contributed by atoms with Gasteiger partial charge in [-0.15, -0.1) is 0 Å². The van der Waals surface area contributed by atoms with Crippen LogP contribution in [0.25, 0.3) is 11.0 Å². The van der Waals surface area contributed by atoms with E-state index in [0.29, 0.717) is 64.3 Å². The lowest BCUT2D eigenvalue weighted by Crippen LogP contribution is -2.50. The first kappa shape index (κ1) is 22.1. The fourth-order valence-electron chi connectivity index (χ4n) is 5.30. The van der Waals surface area contributed by atoms with Gasteiger partial charge in [-0.05, 0) is 55.0 Å². The van der Waals surface area contributed by atoms with Crippen LogP contribution in [0.3, 0.4) is 0 Å². The zero-order chi connectivity index (χ0) is 22.7. The van der Waals surface area contributed by atoms with Gasteiger partial charge >= 0.3 is 0 Å². The number of nitrogens with zero attached hydrogens (tertiary/aromatic N) is 1. The monoisotopic (exact) mass is 451 g/mol. The SMILES string of the molecule is O=C(N1CCOCC(Cc2cccc3occc23)C1)C1(Cc2ccccc2F)CCOCC1. The van der Waals surface area contributed by atoms with Gasteiger partial charge in [0.1, 0.15) is 11.4 Å². The average molecular weight is 452 g/mol. The molecule has 5 nitrogen and oxygen atoms in total. The number of hydrogen-bond donors (Lipinski definition) is 0. The first-order chi connectivity index (χ1) is 16.1. The van der Waals surface area contributed by atoms with Crippen LogP contribution in [0.1, 0.15) is 24.0 Å². The molecule has 5 rings (SSSR count). The minimum Gasteiger partial charge on any atom is -0.464 e. The molecule has 1 aromatic heterocycles. The van der Waals surface area contributed by atoms with Gasteiger partial charge in [-0.3, -0.25) is 4.79 Å². The van der Waals surface area contributed by atoms with E-state index in [1.165, 1.54) is 11.6 Å². The summed E-state index contributed by atoms with van der Waals surface area (Å²) in [5.41, 5.74) is 2.04. The Hall–Kier alpha value is -2.70. The second-order valence-electron chi connectivity index (χ2n) is 9.31. The maximum atomic E-state index is 14.5. The van der Waals surface area contributed by atoms with Gasteiger partial charge in [-0.25, -0.2) is 4.39 Å². The molecule has 2 aliphatic heterocycles. The van der Waals surface area contributed by atoms with Gasteiger partial charge in [0.05, 0.1) is 24.9 Å². The van der Waals surface area contributed by atoms with Crippen molar-refractivity contribution in [1.29, 1.82) is 0 Å². The third kappa shape index (κ3) is 4.68. The van der Waals surface area contributed by atoms with Gasteiger partial charge in [-0.2, -0.15) is 0 Å². The molecule has 2 fully saturated rings. The number of rotatable bonds is 5. The first-order valence-corrected chi connectivity index (χ1v) is 11.8. The fraction of sp³-hybridized carbons (Fsp3) is 0.444. The van der Waals surface area contributed by atoms with Crippen molar-refractivity contribution in [2.24, 2.45) is 11.3 Å². The van der Waals surface area contributed by atoms with Crippen LogP contribution in [0.2, 0.25) is 0 Å². The molecule has 1 unspecified atom stereocenters. The summed E-state index contributed by atoms with van der Waals surface area (Å²) in [5, 5.41) is 1.11. The van der Waals surface area contributed by atoms with Gasteiger partial charge in [0.25, 0.3) is 0 Å². The van der Waals surface area contributed by atoms with Crippen molar-refractivity contribution in [2.75, 3.05) is 39.5 Å².